The standard InChI is InChI=1S/C11H14N2O4S/c1-4-6-13(5-2)18(16,17)9-7-10(11(14)15)12(3)8-9/h1,7-8H,5-6H2,2-3H3,(H,14,15). The zero-order valence-corrected chi connectivity index (χ0v) is 10.9. The highest BCUT2D eigenvalue weighted by Crippen LogP contribution is 2.18. The van der Waals surface area contributed by atoms with E-state index in [1.807, 2.05) is 0 Å². The van der Waals surface area contributed by atoms with E-state index in [4.69, 9.17) is 11.5 Å². The van der Waals surface area contributed by atoms with E-state index in [1.54, 1.807) is 6.92 Å². The molecule has 0 atom stereocenters. The van der Waals surface area contributed by atoms with Crippen LogP contribution in [0.2, 0.25) is 0 Å². The minimum atomic E-state index is -3.74. The molecule has 0 bridgehead atoms. The minimum Gasteiger partial charge on any atom is -0.477 e. The van der Waals surface area contributed by atoms with Crippen LogP contribution in [0.5, 0.6) is 0 Å². The predicted molar refractivity (Wildman–Crippen MR) is 65.6 cm³/mol. The van der Waals surface area contributed by atoms with E-state index in [1.165, 1.54) is 17.8 Å². The summed E-state index contributed by atoms with van der Waals surface area (Å²) in [6.07, 6.45) is 6.37. The van der Waals surface area contributed by atoms with Gasteiger partial charge in [-0.3, -0.25) is 0 Å². The molecule has 0 aromatic carbocycles. The highest BCUT2D eigenvalue weighted by Gasteiger charge is 2.25. The Morgan fingerprint density at radius 1 is 1.61 bits per heavy atom. The maximum absolute atomic E-state index is 12.2. The van der Waals surface area contributed by atoms with E-state index in [2.05, 4.69) is 5.92 Å². The third kappa shape index (κ3) is 2.55. The fraction of sp³-hybridized carbons (Fsp3) is 0.364. The third-order valence-corrected chi connectivity index (χ3v) is 4.34. The van der Waals surface area contributed by atoms with Crippen molar-refractivity contribution in [2.24, 2.45) is 7.05 Å². The van der Waals surface area contributed by atoms with Crippen LogP contribution in [0, 0.1) is 12.3 Å². The van der Waals surface area contributed by atoms with Crippen molar-refractivity contribution in [1.82, 2.24) is 8.87 Å². The van der Waals surface area contributed by atoms with Crippen molar-refractivity contribution in [2.75, 3.05) is 13.1 Å². The Labute approximate surface area is 106 Å². The van der Waals surface area contributed by atoms with Crippen LogP contribution < -0.4 is 0 Å². The second-order valence-electron chi connectivity index (χ2n) is 3.61. The molecule has 0 unspecified atom stereocenters. The molecule has 1 heterocycles. The summed E-state index contributed by atoms with van der Waals surface area (Å²) in [4.78, 5) is 10.8. The fourth-order valence-corrected chi connectivity index (χ4v) is 2.94. The quantitative estimate of drug-likeness (QED) is 0.784. The lowest BCUT2D eigenvalue weighted by Crippen LogP contribution is -2.31. The lowest BCUT2D eigenvalue weighted by atomic mass is 10.4. The average Bonchev–Trinajstić information content (AvgIpc) is 2.68. The van der Waals surface area contributed by atoms with Crippen LogP contribution in [0.3, 0.4) is 0 Å². The summed E-state index contributed by atoms with van der Waals surface area (Å²) < 4.78 is 26.7. The van der Waals surface area contributed by atoms with Gasteiger partial charge in [-0.05, 0) is 6.07 Å². The van der Waals surface area contributed by atoms with Gasteiger partial charge in [0.05, 0.1) is 6.54 Å². The largest absolute Gasteiger partial charge is 0.477 e. The number of nitrogens with zero attached hydrogens (tertiary/aromatic N) is 2. The first-order valence-corrected chi connectivity index (χ1v) is 6.61. The number of aromatic carboxylic acids is 1. The molecule has 0 fully saturated rings. The Bertz CT molecular complexity index is 595. The first kappa shape index (κ1) is 14.3. The SMILES string of the molecule is C#CCN(CC)S(=O)(=O)c1cc(C(=O)O)n(C)c1. The van der Waals surface area contributed by atoms with Crippen molar-refractivity contribution in [1.29, 1.82) is 0 Å². The third-order valence-electron chi connectivity index (χ3n) is 2.46. The van der Waals surface area contributed by atoms with E-state index in [0.717, 1.165) is 10.4 Å². The van der Waals surface area contributed by atoms with Gasteiger partial charge in [0.1, 0.15) is 10.6 Å². The number of carboxylic acids is 1. The summed E-state index contributed by atoms with van der Waals surface area (Å²) in [5.74, 6) is 1.08. The molecule has 0 aliphatic heterocycles. The van der Waals surface area contributed by atoms with E-state index in [-0.39, 0.29) is 23.7 Å². The zero-order chi connectivity index (χ0) is 13.9. The molecular weight excluding hydrogens is 256 g/mol. The number of rotatable bonds is 5. The Morgan fingerprint density at radius 3 is 2.61 bits per heavy atom. The number of terminal acetylenes is 1. The van der Waals surface area contributed by atoms with Gasteiger partial charge in [0, 0.05) is 19.8 Å². The Hall–Kier alpha value is -1.78. The van der Waals surface area contributed by atoms with Crippen LogP contribution in [0.15, 0.2) is 17.2 Å². The summed E-state index contributed by atoms with van der Waals surface area (Å²) in [5, 5.41) is 8.88. The Balaban J connectivity index is 3.25. The van der Waals surface area contributed by atoms with Gasteiger partial charge in [0.15, 0.2) is 0 Å². The summed E-state index contributed by atoms with van der Waals surface area (Å²) >= 11 is 0. The molecule has 0 saturated carbocycles. The molecule has 0 aliphatic rings. The van der Waals surface area contributed by atoms with Crippen LogP contribution in [0.25, 0.3) is 0 Å². The molecule has 18 heavy (non-hydrogen) atoms. The molecule has 1 aromatic heterocycles. The highest BCUT2D eigenvalue weighted by atomic mass is 32.2. The van der Waals surface area contributed by atoms with E-state index >= 15 is 0 Å². The van der Waals surface area contributed by atoms with Crippen molar-refractivity contribution in [3.63, 3.8) is 0 Å². The lowest BCUT2D eigenvalue weighted by Gasteiger charge is -2.16. The van der Waals surface area contributed by atoms with Crippen LogP contribution in [-0.4, -0.2) is 41.5 Å². The van der Waals surface area contributed by atoms with Crippen LogP contribution >= 0.6 is 0 Å². The molecule has 0 aliphatic carbocycles. The number of hydrogen-bond acceptors (Lipinski definition) is 3. The van der Waals surface area contributed by atoms with Crippen LogP contribution in [0.4, 0.5) is 0 Å². The van der Waals surface area contributed by atoms with Crippen molar-refractivity contribution in [2.45, 2.75) is 11.8 Å². The van der Waals surface area contributed by atoms with Crippen molar-refractivity contribution in [3.8, 4) is 12.3 Å². The Morgan fingerprint density at radius 2 is 2.22 bits per heavy atom. The van der Waals surface area contributed by atoms with Gasteiger partial charge in [-0.15, -0.1) is 6.42 Å². The molecular formula is C11H14N2O4S. The smallest absolute Gasteiger partial charge is 0.352 e. The zero-order valence-electron chi connectivity index (χ0n) is 10.1. The molecule has 1 aromatic rings. The normalized spacial score (nSPS) is 11.4. The topological polar surface area (TPSA) is 79.6 Å². The Kier molecular flexibility index (Phi) is 4.16. The first-order valence-electron chi connectivity index (χ1n) is 5.17. The van der Waals surface area contributed by atoms with E-state index < -0.39 is 16.0 Å². The van der Waals surface area contributed by atoms with Gasteiger partial charge in [0.2, 0.25) is 10.0 Å². The number of aromatic nitrogens is 1. The van der Waals surface area contributed by atoms with Gasteiger partial charge in [-0.2, -0.15) is 4.31 Å². The van der Waals surface area contributed by atoms with Gasteiger partial charge >= 0.3 is 5.97 Å². The second-order valence-corrected chi connectivity index (χ2v) is 5.55. The first-order chi connectivity index (χ1) is 8.34. The molecule has 0 saturated heterocycles. The number of carboxylic acid groups (broad SMARTS) is 1. The van der Waals surface area contributed by atoms with Gasteiger partial charge in [0.25, 0.3) is 0 Å². The number of hydrogen-bond donors (Lipinski definition) is 1. The monoisotopic (exact) mass is 270 g/mol. The van der Waals surface area contributed by atoms with Gasteiger partial charge < -0.3 is 9.67 Å². The van der Waals surface area contributed by atoms with Gasteiger partial charge in [-0.1, -0.05) is 12.8 Å². The maximum Gasteiger partial charge on any atom is 0.352 e. The highest BCUT2D eigenvalue weighted by molar-refractivity contribution is 7.89. The van der Waals surface area contributed by atoms with Crippen molar-refractivity contribution >= 4 is 16.0 Å². The second kappa shape index (κ2) is 5.25. The molecule has 7 heteroatoms. The minimum absolute atomic E-state index is 0.0455. The summed E-state index contributed by atoms with van der Waals surface area (Å²) in [7, 11) is -2.27. The molecule has 1 rings (SSSR count). The molecule has 0 spiro atoms. The predicted octanol–water partition coefficient (Wildman–Crippen LogP) is 0.367. The van der Waals surface area contributed by atoms with Crippen LogP contribution in [0.1, 0.15) is 17.4 Å². The van der Waals surface area contributed by atoms with Crippen LogP contribution in [-0.2, 0) is 17.1 Å². The fourth-order valence-electron chi connectivity index (χ4n) is 1.51. The summed E-state index contributed by atoms with van der Waals surface area (Å²) in [6, 6.07) is 1.12. The molecule has 98 valence electrons. The number of carbonyl (C=O) groups is 1. The van der Waals surface area contributed by atoms with Gasteiger partial charge in [-0.25, -0.2) is 13.2 Å². The van der Waals surface area contributed by atoms with E-state index in [0.29, 0.717) is 0 Å². The molecule has 6 nitrogen and oxygen atoms in total. The number of sulfonamides is 1. The molecule has 0 amide bonds. The molecule has 0 radical (unpaired) electrons. The summed E-state index contributed by atoms with van der Waals surface area (Å²) in [6.45, 7) is 1.84. The maximum atomic E-state index is 12.2. The van der Waals surface area contributed by atoms with Crippen molar-refractivity contribution < 1.29 is 18.3 Å². The van der Waals surface area contributed by atoms with E-state index in [9.17, 15) is 13.2 Å². The van der Waals surface area contributed by atoms with Crippen molar-refractivity contribution in [3.05, 3.63) is 18.0 Å². The molecule has 1 N–H and O–H groups in total. The average molecular weight is 270 g/mol. The lowest BCUT2D eigenvalue weighted by molar-refractivity contribution is 0.0686. The number of aryl methyl sites for hydroxylation is 1. The summed E-state index contributed by atoms with van der Waals surface area (Å²) in [5.41, 5.74) is -0.0923.